The molecule has 0 amide bonds. The first-order valence-electron chi connectivity index (χ1n) is 10.3. The number of nitro groups is 1. The molecule has 2 N–H and O–H groups in total. The van der Waals surface area contributed by atoms with Crippen molar-refractivity contribution in [3.63, 3.8) is 0 Å². The molecule has 1 aromatic carbocycles. The van der Waals surface area contributed by atoms with Gasteiger partial charge in [-0.05, 0) is 44.3 Å². The lowest BCUT2D eigenvalue weighted by atomic mass is 10.2. The summed E-state index contributed by atoms with van der Waals surface area (Å²) in [5.41, 5.74) is 1.04. The number of non-ortho nitro benzene ring substituents is 1. The quantitative estimate of drug-likeness (QED) is 0.181. The lowest BCUT2D eigenvalue weighted by Gasteiger charge is -2.24. The van der Waals surface area contributed by atoms with Crippen LogP contribution in [-0.4, -0.2) is 60.7 Å². The molecule has 2 fully saturated rings. The first kappa shape index (κ1) is 23.8. The van der Waals surface area contributed by atoms with E-state index in [-0.39, 0.29) is 40.7 Å². The highest BCUT2D eigenvalue weighted by atomic mass is 127. The Kier molecular flexibility index (Phi) is 10.1. The van der Waals surface area contributed by atoms with Gasteiger partial charge in [0, 0.05) is 37.9 Å². The highest BCUT2D eigenvalue weighted by Gasteiger charge is 2.23. The maximum atomic E-state index is 10.8. The zero-order valence-corrected chi connectivity index (χ0v) is 19.3. The molecule has 2 unspecified atom stereocenters. The standard InChI is InChI=1S/C20H31N5O3.HI/c1-2-24-11-3-5-18(24)14-22-20(23-15-19-6-4-12-28-19)21-13-16-7-9-17(10-8-16)25(26)27;/h7-10,18-19H,2-6,11-15H2,1H3,(H2,21,22,23);1H. The van der Waals surface area contributed by atoms with Crippen LogP contribution in [0.4, 0.5) is 5.69 Å². The number of guanidine groups is 1. The van der Waals surface area contributed by atoms with Crippen molar-refractivity contribution in [3.05, 3.63) is 39.9 Å². The molecule has 2 atom stereocenters. The predicted octanol–water partition coefficient (Wildman–Crippen LogP) is 2.91. The van der Waals surface area contributed by atoms with Gasteiger partial charge in [-0.3, -0.25) is 15.0 Å². The Morgan fingerprint density at radius 3 is 2.66 bits per heavy atom. The summed E-state index contributed by atoms with van der Waals surface area (Å²) in [6.45, 7) is 7.37. The highest BCUT2D eigenvalue weighted by molar-refractivity contribution is 14.0. The molecule has 3 rings (SSSR count). The number of nitrogens with zero attached hydrogens (tertiary/aromatic N) is 3. The average molecular weight is 517 g/mol. The number of aliphatic imine (C=N–C) groups is 1. The van der Waals surface area contributed by atoms with Gasteiger partial charge < -0.3 is 15.4 Å². The Morgan fingerprint density at radius 1 is 1.24 bits per heavy atom. The first-order chi connectivity index (χ1) is 13.7. The van der Waals surface area contributed by atoms with Gasteiger partial charge in [0.2, 0.25) is 0 Å². The topological polar surface area (TPSA) is 92.0 Å². The zero-order valence-electron chi connectivity index (χ0n) is 17.0. The Labute approximate surface area is 189 Å². The fourth-order valence-corrected chi connectivity index (χ4v) is 3.84. The van der Waals surface area contributed by atoms with E-state index in [4.69, 9.17) is 9.73 Å². The Hall–Kier alpha value is -1.46. The Balaban J connectivity index is 0.00000300. The van der Waals surface area contributed by atoms with Crippen LogP contribution in [0.2, 0.25) is 0 Å². The van der Waals surface area contributed by atoms with Crippen molar-refractivity contribution in [3.8, 4) is 0 Å². The SMILES string of the molecule is CCN1CCCC1CNC(=NCc1ccc([N+](=O)[O-])cc1)NCC1CCCO1.I. The molecule has 0 saturated carbocycles. The van der Waals surface area contributed by atoms with Crippen molar-refractivity contribution < 1.29 is 9.66 Å². The molecule has 0 spiro atoms. The molecule has 9 heteroatoms. The van der Waals surface area contributed by atoms with E-state index in [1.807, 2.05) is 0 Å². The molecule has 2 aliphatic rings. The molecule has 29 heavy (non-hydrogen) atoms. The number of likely N-dealkylation sites (tertiary alicyclic amines) is 1. The van der Waals surface area contributed by atoms with E-state index in [0.717, 1.165) is 50.6 Å². The first-order valence-corrected chi connectivity index (χ1v) is 10.3. The van der Waals surface area contributed by atoms with Crippen molar-refractivity contribution in [1.82, 2.24) is 15.5 Å². The largest absolute Gasteiger partial charge is 0.376 e. The van der Waals surface area contributed by atoms with Crippen molar-refractivity contribution in [1.29, 1.82) is 0 Å². The van der Waals surface area contributed by atoms with Crippen LogP contribution in [0, 0.1) is 10.1 Å². The summed E-state index contributed by atoms with van der Waals surface area (Å²) in [5, 5.41) is 17.7. The second-order valence-electron chi connectivity index (χ2n) is 7.41. The fourth-order valence-electron chi connectivity index (χ4n) is 3.84. The number of nitro benzene ring substituents is 1. The molecule has 1 aromatic rings. The third-order valence-electron chi connectivity index (χ3n) is 5.50. The number of nitrogens with one attached hydrogen (secondary N) is 2. The van der Waals surface area contributed by atoms with E-state index in [9.17, 15) is 10.1 Å². The number of hydrogen-bond acceptors (Lipinski definition) is 5. The van der Waals surface area contributed by atoms with Crippen LogP contribution in [0.5, 0.6) is 0 Å². The summed E-state index contributed by atoms with van der Waals surface area (Å²) in [4.78, 5) is 17.6. The zero-order chi connectivity index (χ0) is 19.8. The van der Waals surface area contributed by atoms with E-state index >= 15 is 0 Å². The minimum Gasteiger partial charge on any atom is -0.376 e. The molecule has 2 saturated heterocycles. The number of likely N-dealkylation sites (N-methyl/N-ethyl adjacent to an activating group) is 1. The number of benzene rings is 1. The molecule has 0 radical (unpaired) electrons. The van der Waals surface area contributed by atoms with Gasteiger partial charge in [-0.25, -0.2) is 4.99 Å². The molecule has 162 valence electrons. The van der Waals surface area contributed by atoms with Crippen LogP contribution in [0.25, 0.3) is 0 Å². The molecule has 8 nitrogen and oxygen atoms in total. The minimum atomic E-state index is -0.385. The number of hydrogen-bond donors (Lipinski definition) is 2. The van der Waals surface area contributed by atoms with Gasteiger partial charge in [0.05, 0.1) is 17.6 Å². The summed E-state index contributed by atoms with van der Waals surface area (Å²) in [5.74, 6) is 0.775. The molecular formula is C20H32IN5O3. The summed E-state index contributed by atoms with van der Waals surface area (Å²) in [7, 11) is 0. The molecule has 0 aromatic heterocycles. The van der Waals surface area contributed by atoms with Crippen molar-refractivity contribution in [2.45, 2.75) is 51.3 Å². The van der Waals surface area contributed by atoms with Crippen LogP contribution >= 0.6 is 24.0 Å². The molecule has 0 bridgehead atoms. The predicted molar refractivity (Wildman–Crippen MR) is 125 cm³/mol. The van der Waals surface area contributed by atoms with Gasteiger partial charge in [0.25, 0.3) is 5.69 Å². The van der Waals surface area contributed by atoms with Crippen molar-refractivity contribution in [2.75, 3.05) is 32.8 Å². The van der Waals surface area contributed by atoms with Gasteiger partial charge >= 0.3 is 0 Å². The second kappa shape index (κ2) is 12.3. The van der Waals surface area contributed by atoms with Crippen molar-refractivity contribution >= 4 is 35.6 Å². The number of rotatable bonds is 8. The van der Waals surface area contributed by atoms with Crippen LogP contribution in [0.15, 0.2) is 29.3 Å². The fraction of sp³-hybridized carbons (Fsp3) is 0.650. The van der Waals surface area contributed by atoms with Crippen molar-refractivity contribution in [2.24, 2.45) is 4.99 Å². The van der Waals surface area contributed by atoms with Gasteiger partial charge in [0.15, 0.2) is 5.96 Å². The van der Waals surface area contributed by atoms with Crippen LogP contribution in [0.3, 0.4) is 0 Å². The maximum Gasteiger partial charge on any atom is 0.269 e. The lowest BCUT2D eigenvalue weighted by Crippen LogP contribution is -2.46. The smallest absolute Gasteiger partial charge is 0.269 e. The second-order valence-corrected chi connectivity index (χ2v) is 7.41. The third kappa shape index (κ3) is 7.38. The van der Waals surface area contributed by atoms with E-state index in [2.05, 4.69) is 22.5 Å². The van der Waals surface area contributed by atoms with Gasteiger partial charge in [0.1, 0.15) is 0 Å². The Bertz CT molecular complexity index is 665. The third-order valence-corrected chi connectivity index (χ3v) is 5.50. The molecule has 2 aliphatic heterocycles. The maximum absolute atomic E-state index is 10.8. The highest BCUT2D eigenvalue weighted by Crippen LogP contribution is 2.16. The van der Waals surface area contributed by atoms with E-state index in [0.29, 0.717) is 12.6 Å². The van der Waals surface area contributed by atoms with Crippen LogP contribution in [-0.2, 0) is 11.3 Å². The van der Waals surface area contributed by atoms with Gasteiger partial charge in [-0.1, -0.05) is 19.1 Å². The minimum absolute atomic E-state index is 0. The van der Waals surface area contributed by atoms with E-state index < -0.39 is 0 Å². The summed E-state index contributed by atoms with van der Waals surface area (Å²) in [6.07, 6.45) is 4.89. The molecular weight excluding hydrogens is 485 g/mol. The van der Waals surface area contributed by atoms with Gasteiger partial charge in [-0.15, -0.1) is 24.0 Å². The lowest BCUT2D eigenvalue weighted by molar-refractivity contribution is -0.384. The normalized spacial score (nSPS) is 22.3. The summed E-state index contributed by atoms with van der Waals surface area (Å²) in [6, 6.07) is 7.11. The number of halogens is 1. The monoisotopic (exact) mass is 517 g/mol. The van der Waals surface area contributed by atoms with Gasteiger partial charge in [-0.2, -0.15) is 0 Å². The van der Waals surface area contributed by atoms with Crippen LogP contribution in [0.1, 0.15) is 38.2 Å². The van der Waals surface area contributed by atoms with E-state index in [1.165, 1.54) is 31.5 Å². The molecule has 2 heterocycles. The summed E-state index contributed by atoms with van der Waals surface area (Å²) < 4.78 is 5.70. The summed E-state index contributed by atoms with van der Waals surface area (Å²) >= 11 is 0. The average Bonchev–Trinajstić information content (AvgIpc) is 3.39. The van der Waals surface area contributed by atoms with E-state index in [1.54, 1.807) is 12.1 Å². The Morgan fingerprint density at radius 2 is 2.00 bits per heavy atom. The number of ether oxygens (including phenoxy) is 1. The van der Waals surface area contributed by atoms with Crippen LogP contribution < -0.4 is 10.6 Å². The molecule has 0 aliphatic carbocycles.